The zero-order valence-corrected chi connectivity index (χ0v) is 20.7. The molecule has 0 atom stereocenters. The third-order valence-corrected chi connectivity index (χ3v) is 7.30. The number of aromatic nitrogens is 3. The molecule has 6 N–H and O–H groups in total. The van der Waals surface area contributed by atoms with E-state index < -0.39 is 5.54 Å². The first-order valence-corrected chi connectivity index (χ1v) is 11.8. The Morgan fingerprint density at radius 2 is 1.76 bits per heavy atom. The van der Waals surface area contributed by atoms with Crippen molar-refractivity contribution in [1.29, 1.82) is 0 Å². The van der Waals surface area contributed by atoms with Crippen molar-refractivity contribution < 1.29 is 10.2 Å². The Kier molecular flexibility index (Phi) is 5.94. The van der Waals surface area contributed by atoms with E-state index in [2.05, 4.69) is 43.5 Å². The maximum atomic E-state index is 10.5. The smallest absolute Gasteiger partial charge is 0.162 e. The van der Waals surface area contributed by atoms with Crippen molar-refractivity contribution in [1.82, 2.24) is 14.5 Å². The minimum Gasteiger partial charge on any atom is -0.504 e. The minimum atomic E-state index is -0.432. The lowest BCUT2D eigenvalue weighted by Gasteiger charge is -2.39. The van der Waals surface area contributed by atoms with Gasteiger partial charge < -0.3 is 26.2 Å². The van der Waals surface area contributed by atoms with Gasteiger partial charge in [-0.3, -0.25) is 0 Å². The maximum absolute atomic E-state index is 10.5. The van der Waals surface area contributed by atoms with E-state index in [9.17, 15) is 10.2 Å². The van der Waals surface area contributed by atoms with E-state index in [1.807, 2.05) is 13.8 Å². The zero-order chi connectivity index (χ0) is 24.8. The van der Waals surface area contributed by atoms with Crippen LogP contribution in [0, 0.1) is 0 Å². The van der Waals surface area contributed by atoms with Gasteiger partial charge in [0.2, 0.25) is 0 Å². The summed E-state index contributed by atoms with van der Waals surface area (Å²) < 4.78 is 2.09. The van der Waals surface area contributed by atoms with Crippen molar-refractivity contribution in [2.45, 2.75) is 71.4 Å². The Morgan fingerprint density at radius 3 is 2.44 bits per heavy atom. The van der Waals surface area contributed by atoms with Gasteiger partial charge >= 0.3 is 0 Å². The summed E-state index contributed by atoms with van der Waals surface area (Å²) in [7, 11) is 0. The van der Waals surface area contributed by atoms with Crippen LogP contribution in [-0.2, 0) is 18.4 Å². The van der Waals surface area contributed by atoms with Gasteiger partial charge in [-0.05, 0) is 38.0 Å². The Balaban J connectivity index is 1.98. The van der Waals surface area contributed by atoms with E-state index in [1.54, 1.807) is 12.1 Å². The molecule has 0 unspecified atom stereocenters. The van der Waals surface area contributed by atoms with E-state index in [-0.39, 0.29) is 16.9 Å². The molecule has 0 bridgehead atoms. The van der Waals surface area contributed by atoms with E-state index in [0.717, 1.165) is 47.1 Å². The highest BCUT2D eigenvalue weighted by Crippen LogP contribution is 2.37. The Morgan fingerprint density at radius 1 is 1.03 bits per heavy atom. The topological polar surface area (TPSA) is 123 Å². The van der Waals surface area contributed by atoms with Gasteiger partial charge in [-0.2, -0.15) is 0 Å². The van der Waals surface area contributed by atoms with Gasteiger partial charge in [0, 0.05) is 28.3 Å². The summed E-state index contributed by atoms with van der Waals surface area (Å²) in [5.74, 6) is 1.000. The second-order valence-electron chi connectivity index (χ2n) is 10.3. The number of fused-ring (bicyclic) bond motifs is 3. The highest BCUT2D eigenvalue weighted by Gasteiger charge is 2.35. The molecule has 4 aromatic rings. The third kappa shape index (κ3) is 3.94. The number of hydrogen-bond donors (Lipinski definition) is 4. The average molecular weight is 462 g/mol. The van der Waals surface area contributed by atoms with Crippen LogP contribution < -0.4 is 11.5 Å². The molecule has 0 aliphatic rings. The van der Waals surface area contributed by atoms with Gasteiger partial charge in [0.15, 0.2) is 17.3 Å². The van der Waals surface area contributed by atoms with E-state index >= 15 is 0 Å². The number of phenolic OH excluding ortho intramolecular Hbond substituents is 2. The highest BCUT2D eigenvalue weighted by molar-refractivity contribution is 6.06. The van der Waals surface area contributed by atoms with Crippen LogP contribution in [0.1, 0.15) is 64.4 Å². The number of phenols is 2. The molecule has 180 valence electrons. The van der Waals surface area contributed by atoms with Crippen LogP contribution in [0.5, 0.6) is 11.5 Å². The van der Waals surface area contributed by atoms with Crippen LogP contribution in [0.3, 0.4) is 0 Å². The van der Waals surface area contributed by atoms with Gasteiger partial charge in [-0.25, -0.2) is 9.97 Å². The fourth-order valence-corrected chi connectivity index (χ4v) is 4.29. The quantitative estimate of drug-likeness (QED) is 0.288. The molecule has 0 saturated carbocycles. The van der Waals surface area contributed by atoms with Crippen molar-refractivity contribution in [3.05, 3.63) is 53.3 Å². The maximum Gasteiger partial charge on any atom is 0.162 e. The van der Waals surface area contributed by atoms with Gasteiger partial charge in [0.1, 0.15) is 11.3 Å². The molecule has 0 aliphatic heterocycles. The number of aromatic hydroxyl groups is 2. The molecule has 0 saturated heterocycles. The predicted octanol–water partition coefficient (Wildman–Crippen LogP) is 4.98. The number of anilines is 1. The number of nitrogen functional groups attached to an aromatic ring is 1. The molecule has 2 aromatic heterocycles. The fraction of sp³-hybridized carbons (Fsp3) is 0.407. The molecule has 34 heavy (non-hydrogen) atoms. The van der Waals surface area contributed by atoms with Gasteiger partial charge in [-0.1, -0.05) is 51.5 Å². The van der Waals surface area contributed by atoms with E-state index in [1.165, 1.54) is 6.07 Å². The number of aryl methyl sites for hydroxylation is 1. The molecular weight excluding hydrogens is 426 g/mol. The standard InChI is InChI=1S/C27H35N5O2/c1-6-7-11-21-31-22-23(32(21)15-16-9-8-10-20(33)24(16)34)18-13-12-17(14-19(18)30-25(22)28)26(2,3)27(4,5)29/h8-10,12-14,33-34H,6-7,11,15,29H2,1-5H3,(H2,28,30). The van der Waals surface area contributed by atoms with Crippen molar-refractivity contribution in [3.63, 3.8) is 0 Å². The Labute approximate surface area is 200 Å². The average Bonchev–Trinajstić information content (AvgIpc) is 3.13. The molecule has 0 aliphatic carbocycles. The third-order valence-electron chi connectivity index (χ3n) is 7.30. The second kappa shape index (κ2) is 8.47. The summed E-state index contributed by atoms with van der Waals surface area (Å²) in [5.41, 5.74) is 16.2. The lowest BCUT2D eigenvalue weighted by molar-refractivity contribution is 0.306. The Hall–Kier alpha value is -3.32. The van der Waals surface area contributed by atoms with Crippen LogP contribution in [0.25, 0.3) is 21.9 Å². The molecule has 2 heterocycles. The minimum absolute atomic E-state index is 0.119. The molecule has 7 nitrogen and oxygen atoms in total. The van der Waals surface area contributed by atoms with Crippen molar-refractivity contribution in [2.75, 3.05) is 5.73 Å². The molecule has 7 heteroatoms. The lowest BCUT2D eigenvalue weighted by atomic mass is 9.70. The molecule has 2 aromatic carbocycles. The molecule has 4 rings (SSSR count). The fourth-order valence-electron chi connectivity index (χ4n) is 4.29. The number of nitrogens with two attached hydrogens (primary N) is 2. The molecule has 0 fully saturated rings. The normalized spacial score (nSPS) is 12.6. The highest BCUT2D eigenvalue weighted by atomic mass is 16.3. The number of hydrogen-bond acceptors (Lipinski definition) is 6. The van der Waals surface area contributed by atoms with Gasteiger partial charge in [-0.15, -0.1) is 0 Å². The van der Waals surface area contributed by atoms with Crippen LogP contribution >= 0.6 is 0 Å². The van der Waals surface area contributed by atoms with Gasteiger partial charge in [0.05, 0.1) is 17.6 Å². The SMILES string of the molecule is CCCCc1nc2c(N)nc3cc(C(C)(C)C(C)(C)N)ccc3c2n1Cc1cccc(O)c1O. The first kappa shape index (κ1) is 23.8. The number of rotatable bonds is 7. The summed E-state index contributed by atoms with van der Waals surface area (Å²) in [4.78, 5) is 9.58. The summed E-state index contributed by atoms with van der Waals surface area (Å²) >= 11 is 0. The molecular formula is C27H35N5O2. The van der Waals surface area contributed by atoms with Crippen LogP contribution in [0.2, 0.25) is 0 Å². The number of unbranched alkanes of at least 4 members (excludes halogenated alkanes) is 1. The van der Waals surface area contributed by atoms with E-state index in [4.69, 9.17) is 21.4 Å². The Bertz CT molecular complexity index is 1370. The van der Waals surface area contributed by atoms with Crippen LogP contribution in [0.15, 0.2) is 36.4 Å². The molecule has 0 spiro atoms. The van der Waals surface area contributed by atoms with Crippen LogP contribution in [-0.4, -0.2) is 30.3 Å². The number of nitrogens with zero attached hydrogens (tertiary/aromatic N) is 3. The monoisotopic (exact) mass is 461 g/mol. The van der Waals surface area contributed by atoms with Crippen LogP contribution in [0.4, 0.5) is 5.82 Å². The summed E-state index contributed by atoms with van der Waals surface area (Å²) in [6.07, 6.45) is 2.78. The zero-order valence-electron chi connectivity index (χ0n) is 20.7. The van der Waals surface area contributed by atoms with Gasteiger partial charge in [0.25, 0.3) is 0 Å². The van der Waals surface area contributed by atoms with E-state index in [0.29, 0.717) is 23.4 Å². The van der Waals surface area contributed by atoms with Crippen molar-refractivity contribution >= 4 is 27.8 Å². The van der Waals surface area contributed by atoms with Crippen molar-refractivity contribution in [2.24, 2.45) is 5.73 Å². The molecule has 0 amide bonds. The number of para-hydroxylation sites is 1. The summed E-state index contributed by atoms with van der Waals surface area (Å²) in [6, 6.07) is 11.2. The lowest BCUT2D eigenvalue weighted by Crippen LogP contribution is -2.50. The summed E-state index contributed by atoms with van der Waals surface area (Å²) in [5, 5.41) is 21.4. The number of pyridine rings is 1. The molecule has 0 radical (unpaired) electrons. The second-order valence-corrected chi connectivity index (χ2v) is 10.3. The predicted molar refractivity (Wildman–Crippen MR) is 138 cm³/mol. The van der Waals surface area contributed by atoms with Crippen molar-refractivity contribution in [3.8, 4) is 11.5 Å². The first-order valence-electron chi connectivity index (χ1n) is 11.8. The number of benzene rings is 2. The first-order chi connectivity index (χ1) is 16.0. The summed E-state index contributed by atoms with van der Waals surface area (Å²) in [6.45, 7) is 10.8. The largest absolute Gasteiger partial charge is 0.504 e. The number of imidazole rings is 1.